The highest BCUT2D eigenvalue weighted by molar-refractivity contribution is 5.60. The summed E-state index contributed by atoms with van der Waals surface area (Å²) < 4.78 is 10.8. The van der Waals surface area contributed by atoms with Gasteiger partial charge >= 0.3 is 0 Å². The molecule has 0 aromatic heterocycles. The molecule has 1 aromatic carbocycles. The Hall–Kier alpha value is -1.22. The molecule has 3 heteroatoms. The van der Waals surface area contributed by atoms with Crippen LogP contribution in [0.2, 0.25) is 0 Å². The van der Waals surface area contributed by atoms with E-state index in [2.05, 4.69) is 0 Å². The Labute approximate surface area is 90.2 Å². The highest BCUT2D eigenvalue weighted by Gasteiger charge is 2.32. The molecule has 2 rings (SSSR count). The average Bonchev–Trinajstić information content (AvgIpc) is 2.20. The van der Waals surface area contributed by atoms with Crippen molar-refractivity contribution in [3.05, 3.63) is 22.8 Å². The van der Waals surface area contributed by atoms with Gasteiger partial charge in [0.15, 0.2) is 0 Å². The fourth-order valence-electron chi connectivity index (χ4n) is 2.37. The van der Waals surface area contributed by atoms with E-state index in [0.29, 0.717) is 12.5 Å². The van der Waals surface area contributed by atoms with Crippen LogP contribution in [0.25, 0.3) is 0 Å². The van der Waals surface area contributed by atoms with Crippen LogP contribution < -0.4 is 15.2 Å². The summed E-state index contributed by atoms with van der Waals surface area (Å²) in [7, 11) is 3.41. The minimum Gasteiger partial charge on any atom is -0.496 e. The molecule has 2 N–H and O–H groups in total. The van der Waals surface area contributed by atoms with Gasteiger partial charge in [-0.05, 0) is 31.5 Å². The number of hydrogen-bond donors (Lipinski definition) is 1. The summed E-state index contributed by atoms with van der Waals surface area (Å²) in [5, 5.41) is 0. The standard InChI is InChI=1S/C12H17NO2/c1-7-4-10(14-2)11-8(6-13)5-9(11)12(7)15-3/h4,8H,5-6,13H2,1-3H3. The fraction of sp³-hybridized carbons (Fsp3) is 0.500. The van der Waals surface area contributed by atoms with Crippen molar-refractivity contribution in [1.29, 1.82) is 0 Å². The maximum Gasteiger partial charge on any atom is 0.125 e. The number of ether oxygens (including phenoxy) is 2. The number of hydrogen-bond acceptors (Lipinski definition) is 3. The third kappa shape index (κ3) is 1.38. The molecular weight excluding hydrogens is 190 g/mol. The highest BCUT2D eigenvalue weighted by Crippen LogP contribution is 2.47. The van der Waals surface area contributed by atoms with Crippen LogP contribution in [0.15, 0.2) is 6.07 Å². The first-order valence-electron chi connectivity index (χ1n) is 5.17. The van der Waals surface area contributed by atoms with Crippen LogP contribution in [0, 0.1) is 6.92 Å². The van der Waals surface area contributed by atoms with Crippen molar-refractivity contribution in [3.63, 3.8) is 0 Å². The van der Waals surface area contributed by atoms with Crippen molar-refractivity contribution in [3.8, 4) is 11.5 Å². The number of methoxy groups -OCH3 is 2. The van der Waals surface area contributed by atoms with Crippen molar-refractivity contribution in [2.75, 3.05) is 20.8 Å². The maximum absolute atomic E-state index is 5.71. The molecule has 0 radical (unpaired) electrons. The van der Waals surface area contributed by atoms with E-state index in [9.17, 15) is 0 Å². The SMILES string of the molecule is COc1cc(C)c(OC)c2c1C(CN)C2. The van der Waals surface area contributed by atoms with E-state index < -0.39 is 0 Å². The Morgan fingerprint density at radius 2 is 2.13 bits per heavy atom. The fourth-order valence-corrected chi connectivity index (χ4v) is 2.37. The molecular formula is C12H17NO2. The zero-order valence-electron chi connectivity index (χ0n) is 9.46. The number of fused-ring (bicyclic) bond motifs is 1. The molecule has 0 spiro atoms. The Balaban J connectivity index is 2.54. The summed E-state index contributed by atoms with van der Waals surface area (Å²) in [4.78, 5) is 0. The Morgan fingerprint density at radius 1 is 1.40 bits per heavy atom. The molecule has 1 aromatic rings. The summed E-state index contributed by atoms with van der Waals surface area (Å²) in [6, 6.07) is 2.03. The van der Waals surface area contributed by atoms with Crippen LogP contribution in [0.1, 0.15) is 22.6 Å². The van der Waals surface area contributed by atoms with E-state index in [0.717, 1.165) is 23.5 Å². The van der Waals surface area contributed by atoms with E-state index in [1.807, 2.05) is 13.0 Å². The van der Waals surface area contributed by atoms with E-state index in [4.69, 9.17) is 15.2 Å². The Bertz CT molecular complexity index is 388. The minimum absolute atomic E-state index is 0.435. The van der Waals surface area contributed by atoms with Crippen molar-refractivity contribution in [2.24, 2.45) is 5.73 Å². The van der Waals surface area contributed by atoms with Gasteiger partial charge in [0, 0.05) is 17.0 Å². The van der Waals surface area contributed by atoms with Gasteiger partial charge in [-0.2, -0.15) is 0 Å². The van der Waals surface area contributed by atoms with E-state index >= 15 is 0 Å². The second-order valence-corrected chi connectivity index (χ2v) is 3.96. The summed E-state index contributed by atoms with van der Waals surface area (Å²) >= 11 is 0. The molecule has 0 aliphatic heterocycles. The molecule has 1 unspecified atom stereocenters. The van der Waals surface area contributed by atoms with Gasteiger partial charge in [0.2, 0.25) is 0 Å². The summed E-state index contributed by atoms with van der Waals surface area (Å²) in [6.07, 6.45) is 1.01. The predicted molar refractivity (Wildman–Crippen MR) is 59.8 cm³/mol. The first-order valence-corrected chi connectivity index (χ1v) is 5.17. The van der Waals surface area contributed by atoms with Gasteiger partial charge in [0.25, 0.3) is 0 Å². The predicted octanol–water partition coefficient (Wildman–Crippen LogP) is 1.61. The van der Waals surface area contributed by atoms with Crippen LogP contribution in [-0.2, 0) is 6.42 Å². The lowest BCUT2D eigenvalue weighted by molar-refractivity contribution is 0.374. The van der Waals surface area contributed by atoms with Crippen LogP contribution in [0.5, 0.6) is 11.5 Å². The molecule has 0 heterocycles. The quantitative estimate of drug-likeness (QED) is 0.819. The molecule has 1 aliphatic carbocycles. The number of aryl methyl sites for hydroxylation is 1. The van der Waals surface area contributed by atoms with Crippen molar-refractivity contribution in [2.45, 2.75) is 19.3 Å². The topological polar surface area (TPSA) is 44.5 Å². The highest BCUT2D eigenvalue weighted by atomic mass is 16.5. The first-order chi connectivity index (χ1) is 7.22. The molecule has 82 valence electrons. The largest absolute Gasteiger partial charge is 0.496 e. The number of rotatable bonds is 3. The first kappa shape index (κ1) is 10.3. The van der Waals surface area contributed by atoms with Gasteiger partial charge in [0.05, 0.1) is 14.2 Å². The minimum atomic E-state index is 0.435. The normalized spacial score (nSPS) is 18.0. The lowest BCUT2D eigenvalue weighted by atomic mass is 9.75. The molecule has 1 atom stereocenters. The van der Waals surface area contributed by atoms with Crippen molar-refractivity contribution in [1.82, 2.24) is 0 Å². The van der Waals surface area contributed by atoms with E-state index in [1.165, 1.54) is 11.1 Å². The van der Waals surface area contributed by atoms with Gasteiger partial charge in [-0.15, -0.1) is 0 Å². The second-order valence-electron chi connectivity index (χ2n) is 3.96. The molecule has 0 saturated heterocycles. The monoisotopic (exact) mass is 207 g/mol. The van der Waals surface area contributed by atoms with E-state index in [-0.39, 0.29) is 0 Å². The third-order valence-electron chi connectivity index (χ3n) is 3.14. The summed E-state index contributed by atoms with van der Waals surface area (Å²) in [6.45, 7) is 2.72. The smallest absolute Gasteiger partial charge is 0.125 e. The lowest BCUT2D eigenvalue weighted by Crippen LogP contribution is -2.26. The van der Waals surface area contributed by atoms with Crippen LogP contribution >= 0.6 is 0 Å². The summed E-state index contributed by atoms with van der Waals surface area (Å²) in [5.74, 6) is 2.38. The Morgan fingerprint density at radius 3 is 2.67 bits per heavy atom. The molecule has 1 aliphatic rings. The average molecular weight is 207 g/mol. The lowest BCUT2D eigenvalue weighted by Gasteiger charge is -2.33. The van der Waals surface area contributed by atoms with Gasteiger partial charge < -0.3 is 15.2 Å². The molecule has 3 nitrogen and oxygen atoms in total. The van der Waals surface area contributed by atoms with Gasteiger partial charge in [-0.1, -0.05) is 0 Å². The van der Waals surface area contributed by atoms with Crippen molar-refractivity contribution < 1.29 is 9.47 Å². The van der Waals surface area contributed by atoms with Crippen LogP contribution in [-0.4, -0.2) is 20.8 Å². The molecule has 0 amide bonds. The van der Waals surface area contributed by atoms with E-state index in [1.54, 1.807) is 14.2 Å². The van der Waals surface area contributed by atoms with Crippen molar-refractivity contribution >= 4 is 0 Å². The van der Waals surface area contributed by atoms with Crippen LogP contribution in [0.4, 0.5) is 0 Å². The Kier molecular flexibility index (Phi) is 2.57. The molecule has 15 heavy (non-hydrogen) atoms. The zero-order chi connectivity index (χ0) is 11.0. The summed E-state index contributed by atoms with van der Waals surface area (Å²) in [5.41, 5.74) is 9.34. The van der Waals surface area contributed by atoms with Gasteiger partial charge in [-0.25, -0.2) is 0 Å². The molecule has 0 fully saturated rings. The van der Waals surface area contributed by atoms with Gasteiger partial charge in [0.1, 0.15) is 11.5 Å². The maximum atomic E-state index is 5.71. The third-order valence-corrected chi connectivity index (χ3v) is 3.14. The van der Waals surface area contributed by atoms with Crippen LogP contribution in [0.3, 0.4) is 0 Å². The number of benzene rings is 1. The second kappa shape index (κ2) is 3.74. The zero-order valence-corrected chi connectivity index (χ0v) is 9.46. The van der Waals surface area contributed by atoms with Gasteiger partial charge in [-0.3, -0.25) is 0 Å². The molecule has 0 saturated carbocycles. The molecule has 0 bridgehead atoms. The number of nitrogens with two attached hydrogens (primary N) is 1.